The Morgan fingerprint density at radius 1 is 1.35 bits per heavy atom. The minimum Gasteiger partial charge on any atom is -0.385 e. The van der Waals surface area contributed by atoms with Crippen LogP contribution in [0.25, 0.3) is 0 Å². The van der Waals surface area contributed by atoms with E-state index in [1.54, 1.807) is 18.6 Å². The SMILES string of the molecule is Cc1cnc(C(O)CCc2ccnn2C)nc1. The molecule has 2 aromatic heterocycles. The Morgan fingerprint density at radius 3 is 2.65 bits per heavy atom. The number of aryl methyl sites for hydroxylation is 3. The molecule has 1 atom stereocenters. The first-order valence-electron chi connectivity index (χ1n) is 5.60. The molecule has 90 valence electrons. The molecule has 0 aliphatic rings. The van der Waals surface area contributed by atoms with Crippen LogP contribution in [0.15, 0.2) is 24.7 Å². The molecular formula is C12H16N4O. The van der Waals surface area contributed by atoms with Gasteiger partial charge in [0, 0.05) is 31.3 Å². The molecule has 0 amide bonds. The number of aliphatic hydroxyl groups is 1. The van der Waals surface area contributed by atoms with Gasteiger partial charge < -0.3 is 5.11 Å². The molecule has 0 spiro atoms. The van der Waals surface area contributed by atoms with Crippen LogP contribution >= 0.6 is 0 Å². The first-order chi connectivity index (χ1) is 8.16. The highest BCUT2D eigenvalue weighted by Gasteiger charge is 2.11. The maximum absolute atomic E-state index is 9.95. The van der Waals surface area contributed by atoms with Gasteiger partial charge in [0.1, 0.15) is 6.10 Å². The van der Waals surface area contributed by atoms with Gasteiger partial charge in [0.2, 0.25) is 0 Å². The number of nitrogens with zero attached hydrogens (tertiary/aromatic N) is 4. The van der Waals surface area contributed by atoms with Gasteiger partial charge in [-0.15, -0.1) is 0 Å². The van der Waals surface area contributed by atoms with Crippen molar-refractivity contribution in [2.75, 3.05) is 0 Å². The summed E-state index contributed by atoms with van der Waals surface area (Å²) in [4.78, 5) is 8.23. The number of aromatic nitrogens is 4. The Morgan fingerprint density at radius 2 is 2.06 bits per heavy atom. The van der Waals surface area contributed by atoms with Gasteiger partial charge in [-0.2, -0.15) is 5.10 Å². The number of hydrogen-bond acceptors (Lipinski definition) is 4. The van der Waals surface area contributed by atoms with E-state index in [0.717, 1.165) is 17.7 Å². The van der Waals surface area contributed by atoms with Crippen molar-refractivity contribution in [3.05, 3.63) is 41.7 Å². The summed E-state index contributed by atoms with van der Waals surface area (Å²) in [5.74, 6) is 0.484. The average Bonchev–Trinajstić information content (AvgIpc) is 2.73. The molecule has 0 aromatic carbocycles. The van der Waals surface area contributed by atoms with Gasteiger partial charge in [-0.1, -0.05) is 0 Å². The third-order valence-electron chi connectivity index (χ3n) is 2.70. The normalized spacial score (nSPS) is 12.6. The fourth-order valence-electron chi connectivity index (χ4n) is 1.63. The summed E-state index contributed by atoms with van der Waals surface area (Å²) in [6.45, 7) is 1.92. The van der Waals surface area contributed by atoms with Gasteiger partial charge in [0.05, 0.1) is 0 Å². The van der Waals surface area contributed by atoms with E-state index in [-0.39, 0.29) is 0 Å². The zero-order valence-electron chi connectivity index (χ0n) is 10.0. The lowest BCUT2D eigenvalue weighted by Crippen LogP contribution is -2.07. The third kappa shape index (κ3) is 2.88. The highest BCUT2D eigenvalue weighted by Crippen LogP contribution is 2.14. The largest absolute Gasteiger partial charge is 0.385 e. The highest BCUT2D eigenvalue weighted by atomic mass is 16.3. The zero-order chi connectivity index (χ0) is 12.3. The van der Waals surface area contributed by atoms with Gasteiger partial charge >= 0.3 is 0 Å². The van der Waals surface area contributed by atoms with Crippen LogP contribution in [0.1, 0.15) is 29.6 Å². The Kier molecular flexibility index (Phi) is 3.49. The first-order valence-corrected chi connectivity index (χ1v) is 5.60. The lowest BCUT2D eigenvalue weighted by atomic mass is 10.1. The standard InChI is InChI=1S/C12H16N4O/c1-9-7-13-12(14-8-9)11(17)4-3-10-5-6-15-16(10)2/h5-8,11,17H,3-4H2,1-2H3. The molecule has 1 N–H and O–H groups in total. The van der Waals surface area contributed by atoms with E-state index < -0.39 is 6.10 Å². The van der Waals surface area contributed by atoms with Crippen molar-refractivity contribution in [1.82, 2.24) is 19.7 Å². The lowest BCUT2D eigenvalue weighted by molar-refractivity contribution is 0.157. The minimum atomic E-state index is -0.620. The highest BCUT2D eigenvalue weighted by molar-refractivity contribution is 5.05. The molecule has 0 aliphatic carbocycles. The molecule has 0 fully saturated rings. The Bertz CT molecular complexity index is 478. The molecule has 0 bridgehead atoms. The second-order valence-electron chi connectivity index (χ2n) is 4.12. The van der Waals surface area contributed by atoms with E-state index in [0.29, 0.717) is 12.2 Å². The first kappa shape index (κ1) is 11.7. The third-order valence-corrected chi connectivity index (χ3v) is 2.70. The van der Waals surface area contributed by atoms with Crippen LogP contribution < -0.4 is 0 Å². The number of aliphatic hydroxyl groups excluding tert-OH is 1. The van der Waals surface area contributed by atoms with Crippen molar-refractivity contribution >= 4 is 0 Å². The molecule has 2 aromatic rings. The summed E-state index contributed by atoms with van der Waals surface area (Å²) in [5, 5.41) is 14.0. The van der Waals surface area contributed by atoms with Crippen molar-refractivity contribution in [3.8, 4) is 0 Å². The van der Waals surface area contributed by atoms with E-state index >= 15 is 0 Å². The van der Waals surface area contributed by atoms with Crippen LogP contribution in [-0.2, 0) is 13.5 Å². The Balaban J connectivity index is 1.95. The van der Waals surface area contributed by atoms with E-state index in [9.17, 15) is 5.11 Å². The Labute approximate surface area is 100 Å². The summed E-state index contributed by atoms with van der Waals surface area (Å²) >= 11 is 0. The minimum absolute atomic E-state index is 0.484. The maximum atomic E-state index is 9.95. The van der Waals surface area contributed by atoms with E-state index in [4.69, 9.17) is 0 Å². The topological polar surface area (TPSA) is 63.8 Å². The van der Waals surface area contributed by atoms with Crippen LogP contribution in [0.5, 0.6) is 0 Å². The summed E-state index contributed by atoms with van der Waals surface area (Å²) < 4.78 is 1.81. The van der Waals surface area contributed by atoms with Crippen molar-refractivity contribution in [3.63, 3.8) is 0 Å². The van der Waals surface area contributed by atoms with E-state index in [2.05, 4.69) is 15.1 Å². The fourth-order valence-corrected chi connectivity index (χ4v) is 1.63. The van der Waals surface area contributed by atoms with Crippen molar-refractivity contribution < 1.29 is 5.11 Å². The van der Waals surface area contributed by atoms with Crippen LogP contribution in [0.2, 0.25) is 0 Å². The van der Waals surface area contributed by atoms with Gasteiger partial charge in [-0.05, 0) is 31.4 Å². The molecule has 0 aliphatic heterocycles. The molecule has 0 saturated heterocycles. The Hall–Kier alpha value is -1.75. The number of rotatable bonds is 4. The molecule has 17 heavy (non-hydrogen) atoms. The second-order valence-corrected chi connectivity index (χ2v) is 4.12. The van der Waals surface area contributed by atoms with Crippen molar-refractivity contribution in [2.45, 2.75) is 25.9 Å². The van der Waals surface area contributed by atoms with Crippen molar-refractivity contribution in [2.24, 2.45) is 7.05 Å². The van der Waals surface area contributed by atoms with Crippen LogP contribution in [0.3, 0.4) is 0 Å². The second kappa shape index (κ2) is 5.05. The summed E-state index contributed by atoms with van der Waals surface area (Å²) in [5.41, 5.74) is 2.09. The van der Waals surface area contributed by atoms with Gasteiger partial charge in [0.15, 0.2) is 5.82 Å². The molecule has 0 radical (unpaired) electrons. The molecular weight excluding hydrogens is 216 g/mol. The van der Waals surface area contributed by atoms with Gasteiger partial charge in [-0.3, -0.25) is 4.68 Å². The van der Waals surface area contributed by atoms with Crippen LogP contribution in [0.4, 0.5) is 0 Å². The molecule has 0 saturated carbocycles. The summed E-state index contributed by atoms with van der Waals surface area (Å²) in [6, 6.07) is 1.95. The lowest BCUT2D eigenvalue weighted by Gasteiger charge is -2.09. The number of hydrogen-bond donors (Lipinski definition) is 1. The average molecular weight is 232 g/mol. The molecule has 5 nitrogen and oxygen atoms in total. The van der Waals surface area contributed by atoms with Crippen molar-refractivity contribution in [1.29, 1.82) is 0 Å². The predicted molar refractivity (Wildman–Crippen MR) is 63.3 cm³/mol. The van der Waals surface area contributed by atoms with Crippen LogP contribution in [-0.4, -0.2) is 24.9 Å². The predicted octanol–water partition coefficient (Wildman–Crippen LogP) is 1.18. The summed E-state index contributed by atoms with van der Waals surface area (Å²) in [7, 11) is 1.89. The summed E-state index contributed by atoms with van der Waals surface area (Å²) in [6.07, 6.45) is 5.93. The monoisotopic (exact) mass is 232 g/mol. The van der Waals surface area contributed by atoms with E-state index in [1.807, 2.05) is 24.7 Å². The van der Waals surface area contributed by atoms with Gasteiger partial charge in [0.25, 0.3) is 0 Å². The quantitative estimate of drug-likeness (QED) is 0.860. The maximum Gasteiger partial charge on any atom is 0.156 e. The molecule has 5 heteroatoms. The zero-order valence-corrected chi connectivity index (χ0v) is 10.0. The smallest absolute Gasteiger partial charge is 0.156 e. The molecule has 2 heterocycles. The molecule has 2 rings (SSSR count). The van der Waals surface area contributed by atoms with Crippen LogP contribution in [0, 0.1) is 6.92 Å². The van der Waals surface area contributed by atoms with Gasteiger partial charge in [-0.25, -0.2) is 9.97 Å². The molecule has 1 unspecified atom stereocenters. The van der Waals surface area contributed by atoms with E-state index in [1.165, 1.54) is 0 Å². The fraction of sp³-hybridized carbons (Fsp3) is 0.417.